The van der Waals surface area contributed by atoms with Crippen molar-refractivity contribution in [1.82, 2.24) is 5.32 Å². The molecule has 0 saturated carbocycles. The number of amides is 1. The molecule has 0 bridgehead atoms. The molecule has 0 fully saturated rings. The summed E-state index contributed by atoms with van der Waals surface area (Å²) in [7, 11) is 0. The zero-order chi connectivity index (χ0) is 10.7. The smallest absolute Gasteiger partial charge is 0.225 e. The Kier molecular flexibility index (Phi) is 3.91. The Morgan fingerprint density at radius 2 is 1.69 bits per heavy atom. The molecule has 0 spiro atoms. The van der Waals surface area contributed by atoms with E-state index in [0.29, 0.717) is 6.54 Å². The minimum absolute atomic E-state index is 0.0750. The molecule has 0 aromatic heterocycles. The van der Waals surface area contributed by atoms with E-state index in [-0.39, 0.29) is 16.9 Å². The van der Waals surface area contributed by atoms with Crippen LogP contribution in [0.2, 0.25) is 0 Å². The van der Waals surface area contributed by atoms with Crippen LogP contribution in [0.15, 0.2) is 0 Å². The topological polar surface area (TPSA) is 55.1 Å². The zero-order valence-electron chi connectivity index (χ0n) is 9.40. The van der Waals surface area contributed by atoms with Gasteiger partial charge < -0.3 is 11.1 Å². The molecule has 0 aromatic carbocycles. The number of hydrogen-bond donors (Lipinski definition) is 2. The van der Waals surface area contributed by atoms with E-state index in [2.05, 4.69) is 5.32 Å². The Balaban J connectivity index is 4.20. The van der Waals surface area contributed by atoms with Crippen LogP contribution in [0.5, 0.6) is 0 Å². The van der Waals surface area contributed by atoms with Crippen LogP contribution in [-0.2, 0) is 4.79 Å². The minimum atomic E-state index is -0.328. The van der Waals surface area contributed by atoms with Gasteiger partial charge in [-0.3, -0.25) is 4.79 Å². The molecule has 0 saturated heterocycles. The zero-order valence-corrected chi connectivity index (χ0v) is 9.40. The molecule has 0 aliphatic carbocycles. The van der Waals surface area contributed by atoms with Crippen molar-refractivity contribution in [1.29, 1.82) is 0 Å². The molecule has 0 aromatic rings. The third-order valence-electron chi connectivity index (χ3n) is 1.90. The first-order chi connectivity index (χ1) is 5.69. The normalized spacial score (nSPS) is 12.8. The van der Waals surface area contributed by atoms with Crippen LogP contribution < -0.4 is 11.1 Å². The van der Waals surface area contributed by atoms with Gasteiger partial charge in [0.1, 0.15) is 0 Å². The molecule has 0 radical (unpaired) electrons. The van der Waals surface area contributed by atoms with Crippen LogP contribution >= 0.6 is 0 Å². The predicted octanol–water partition coefficient (Wildman–Crippen LogP) is 1.28. The first-order valence-electron chi connectivity index (χ1n) is 4.72. The van der Waals surface area contributed by atoms with Crippen LogP contribution in [0.3, 0.4) is 0 Å². The van der Waals surface area contributed by atoms with E-state index in [1.807, 2.05) is 34.6 Å². The molecule has 13 heavy (non-hydrogen) atoms. The summed E-state index contributed by atoms with van der Waals surface area (Å²) in [4.78, 5) is 11.6. The van der Waals surface area contributed by atoms with Crippen molar-refractivity contribution in [3.8, 4) is 0 Å². The Morgan fingerprint density at radius 3 is 2.00 bits per heavy atom. The van der Waals surface area contributed by atoms with Crippen molar-refractivity contribution < 1.29 is 4.79 Å². The molecule has 0 rings (SSSR count). The molecule has 78 valence electrons. The standard InChI is InChI=1S/C10H22N2O/c1-9(2,3)8(13)12-10(4,5)6-7-11/h6-7,11H2,1-5H3,(H,12,13). The lowest BCUT2D eigenvalue weighted by Gasteiger charge is -2.29. The van der Waals surface area contributed by atoms with E-state index < -0.39 is 0 Å². The maximum atomic E-state index is 11.6. The highest BCUT2D eigenvalue weighted by Crippen LogP contribution is 2.16. The fourth-order valence-corrected chi connectivity index (χ4v) is 0.918. The minimum Gasteiger partial charge on any atom is -0.351 e. The average molecular weight is 186 g/mol. The van der Waals surface area contributed by atoms with E-state index in [9.17, 15) is 4.79 Å². The van der Waals surface area contributed by atoms with Crippen molar-refractivity contribution in [2.24, 2.45) is 11.1 Å². The van der Waals surface area contributed by atoms with Gasteiger partial charge in [0.05, 0.1) is 0 Å². The van der Waals surface area contributed by atoms with Gasteiger partial charge >= 0.3 is 0 Å². The lowest BCUT2D eigenvalue weighted by Crippen LogP contribution is -2.49. The molecule has 1 amide bonds. The summed E-state index contributed by atoms with van der Waals surface area (Å²) in [5.74, 6) is 0.0750. The van der Waals surface area contributed by atoms with E-state index >= 15 is 0 Å². The summed E-state index contributed by atoms with van der Waals surface area (Å²) in [6, 6.07) is 0. The Hall–Kier alpha value is -0.570. The molecule has 0 unspecified atom stereocenters. The quantitative estimate of drug-likeness (QED) is 0.697. The molecule has 3 nitrogen and oxygen atoms in total. The van der Waals surface area contributed by atoms with E-state index in [4.69, 9.17) is 5.73 Å². The van der Waals surface area contributed by atoms with Crippen LogP contribution in [0, 0.1) is 5.41 Å². The van der Waals surface area contributed by atoms with Crippen molar-refractivity contribution in [3.63, 3.8) is 0 Å². The Bertz CT molecular complexity index is 180. The fourth-order valence-electron chi connectivity index (χ4n) is 0.918. The third kappa shape index (κ3) is 4.88. The highest BCUT2D eigenvalue weighted by atomic mass is 16.2. The van der Waals surface area contributed by atoms with Crippen molar-refractivity contribution in [2.45, 2.75) is 46.6 Å². The summed E-state index contributed by atoms with van der Waals surface area (Å²) in [5, 5.41) is 2.98. The number of nitrogens with one attached hydrogen (secondary N) is 1. The summed E-state index contributed by atoms with van der Waals surface area (Å²) in [6.07, 6.45) is 0.800. The predicted molar refractivity (Wildman–Crippen MR) is 55.3 cm³/mol. The monoisotopic (exact) mass is 186 g/mol. The molecule has 0 aliphatic rings. The Labute approximate surface area is 81.1 Å². The van der Waals surface area contributed by atoms with Crippen LogP contribution in [0.25, 0.3) is 0 Å². The number of carbonyl (C=O) groups is 1. The van der Waals surface area contributed by atoms with Gasteiger partial charge in [-0.05, 0) is 26.8 Å². The molecular formula is C10H22N2O. The fraction of sp³-hybridized carbons (Fsp3) is 0.900. The number of hydrogen-bond acceptors (Lipinski definition) is 2. The van der Waals surface area contributed by atoms with Gasteiger partial charge in [-0.1, -0.05) is 20.8 Å². The van der Waals surface area contributed by atoms with Gasteiger partial charge in [0.25, 0.3) is 0 Å². The second-order valence-corrected chi connectivity index (χ2v) is 5.13. The number of nitrogens with two attached hydrogens (primary N) is 1. The first-order valence-corrected chi connectivity index (χ1v) is 4.72. The van der Waals surface area contributed by atoms with E-state index in [1.165, 1.54) is 0 Å². The van der Waals surface area contributed by atoms with Gasteiger partial charge in [0, 0.05) is 11.0 Å². The van der Waals surface area contributed by atoms with Gasteiger partial charge in [0.15, 0.2) is 0 Å². The molecule has 0 aliphatic heterocycles. The molecule has 0 atom stereocenters. The SMILES string of the molecule is CC(C)(CCN)NC(=O)C(C)(C)C. The number of carbonyl (C=O) groups excluding carboxylic acids is 1. The molecule has 0 heterocycles. The highest BCUT2D eigenvalue weighted by Gasteiger charge is 2.27. The van der Waals surface area contributed by atoms with Crippen molar-refractivity contribution in [3.05, 3.63) is 0 Å². The second-order valence-electron chi connectivity index (χ2n) is 5.13. The summed E-state index contributed by atoms with van der Waals surface area (Å²) in [5.41, 5.74) is 4.93. The lowest BCUT2D eigenvalue weighted by atomic mass is 9.92. The molecule has 3 N–H and O–H groups in total. The maximum absolute atomic E-state index is 11.6. The third-order valence-corrected chi connectivity index (χ3v) is 1.90. The lowest BCUT2D eigenvalue weighted by molar-refractivity contribution is -0.130. The Morgan fingerprint density at radius 1 is 1.23 bits per heavy atom. The van der Waals surface area contributed by atoms with E-state index in [0.717, 1.165) is 6.42 Å². The first kappa shape index (κ1) is 12.4. The molecular weight excluding hydrogens is 164 g/mol. The van der Waals surface area contributed by atoms with Crippen molar-refractivity contribution >= 4 is 5.91 Å². The highest BCUT2D eigenvalue weighted by molar-refractivity contribution is 5.81. The maximum Gasteiger partial charge on any atom is 0.225 e. The summed E-state index contributed by atoms with van der Waals surface area (Å²) in [6.45, 7) is 10.3. The van der Waals surface area contributed by atoms with Gasteiger partial charge in [0.2, 0.25) is 5.91 Å². The van der Waals surface area contributed by atoms with Gasteiger partial charge in [-0.15, -0.1) is 0 Å². The number of rotatable bonds is 3. The summed E-state index contributed by atoms with van der Waals surface area (Å²) < 4.78 is 0. The largest absolute Gasteiger partial charge is 0.351 e. The van der Waals surface area contributed by atoms with Crippen LogP contribution in [-0.4, -0.2) is 18.0 Å². The van der Waals surface area contributed by atoms with E-state index in [1.54, 1.807) is 0 Å². The van der Waals surface area contributed by atoms with Gasteiger partial charge in [-0.2, -0.15) is 0 Å². The summed E-state index contributed by atoms with van der Waals surface area (Å²) >= 11 is 0. The van der Waals surface area contributed by atoms with Crippen LogP contribution in [0.1, 0.15) is 41.0 Å². The van der Waals surface area contributed by atoms with Crippen molar-refractivity contribution in [2.75, 3.05) is 6.54 Å². The second kappa shape index (κ2) is 4.09. The van der Waals surface area contributed by atoms with Gasteiger partial charge in [-0.25, -0.2) is 0 Å². The average Bonchev–Trinajstić information content (AvgIpc) is 1.83. The molecule has 3 heteroatoms. The van der Waals surface area contributed by atoms with Crippen LogP contribution in [0.4, 0.5) is 0 Å².